The zero-order chi connectivity index (χ0) is 10.9. The summed E-state index contributed by atoms with van der Waals surface area (Å²) in [6.07, 6.45) is 1.33. The average Bonchev–Trinajstić information content (AvgIpc) is 2.48. The summed E-state index contributed by atoms with van der Waals surface area (Å²) in [6, 6.07) is 1.45. The molecule has 0 unspecified atom stereocenters. The highest BCUT2D eigenvalue weighted by Gasteiger charge is 2.31. The summed E-state index contributed by atoms with van der Waals surface area (Å²) < 4.78 is 0. The van der Waals surface area contributed by atoms with E-state index in [2.05, 4.69) is 51.5 Å². The maximum absolute atomic E-state index is 2.58. The van der Waals surface area contributed by atoms with Gasteiger partial charge in [0.1, 0.15) is 0 Å². The van der Waals surface area contributed by atoms with Crippen molar-refractivity contribution in [3.63, 3.8) is 0 Å². The maximum atomic E-state index is 2.58. The quantitative estimate of drug-likeness (QED) is 0.671. The van der Waals surface area contributed by atoms with E-state index in [0.717, 1.165) is 6.04 Å². The van der Waals surface area contributed by atoms with Crippen molar-refractivity contribution < 1.29 is 0 Å². The summed E-state index contributed by atoms with van der Waals surface area (Å²) in [5.74, 6) is 0. The van der Waals surface area contributed by atoms with Gasteiger partial charge in [0.25, 0.3) is 0 Å². The van der Waals surface area contributed by atoms with Crippen LogP contribution in [0, 0.1) is 0 Å². The van der Waals surface area contributed by atoms with E-state index >= 15 is 0 Å². The lowest BCUT2D eigenvalue weighted by atomic mass is 10.0. The molecule has 1 atom stereocenters. The summed E-state index contributed by atoms with van der Waals surface area (Å²) in [5, 5.41) is 0. The maximum Gasteiger partial charge on any atom is 0.0237 e. The van der Waals surface area contributed by atoms with Crippen molar-refractivity contribution in [2.75, 3.05) is 20.1 Å². The number of likely N-dealkylation sites (N-methyl/N-ethyl adjacent to an activating group) is 1. The zero-order valence-corrected chi connectivity index (χ0v) is 10.7. The minimum atomic E-state index is 0.303. The van der Waals surface area contributed by atoms with Gasteiger partial charge in [-0.25, -0.2) is 0 Å². The van der Waals surface area contributed by atoms with Crippen LogP contribution in [0.3, 0.4) is 0 Å². The first kappa shape index (κ1) is 12.0. The normalized spacial score (nSPS) is 25.3. The van der Waals surface area contributed by atoms with Crippen LogP contribution in [-0.2, 0) is 0 Å². The summed E-state index contributed by atoms with van der Waals surface area (Å²) >= 11 is 0. The molecule has 0 N–H and O–H groups in total. The highest BCUT2D eigenvalue weighted by Crippen LogP contribution is 2.22. The van der Waals surface area contributed by atoms with Gasteiger partial charge in [0.2, 0.25) is 0 Å². The molecule has 84 valence electrons. The Morgan fingerprint density at radius 3 is 2.21 bits per heavy atom. The molecule has 14 heavy (non-hydrogen) atoms. The SMILES string of the molecule is CC(C)N1CC[C@H](N(C)C(C)(C)C)C1. The lowest BCUT2D eigenvalue weighted by molar-refractivity contribution is 0.115. The van der Waals surface area contributed by atoms with Crippen molar-refractivity contribution in [3.05, 3.63) is 0 Å². The largest absolute Gasteiger partial charge is 0.299 e. The van der Waals surface area contributed by atoms with Gasteiger partial charge < -0.3 is 0 Å². The smallest absolute Gasteiger partial charge is 0.0237 e. The third-order valence-electron chi connectivity index (χ3n) is 3.53. The molecule has 0 aromatic heterocycles. The molecule has 2 nitrogen and oxygen atoms in total. The minimum Gasteiger partial charge on any atom is -0.299 e. The Morgan fingerprint density at radius 2 is 1.86 bits per heavy atom. The molecule has 1 aliphatic rings. The van der Waals surface area contributed by atoms with Crippen molar-refractivity contribution in [2.24, 2.45) is 0 Å². The molecule has 1 saturated heterocycles. The highest BCUT2D eigenvalue weighted by atomic mass is 15.3. The predicted octanol–water partition coefficient (Wildman–Crippen LogP) is 2.20. The Bertz CT molecular complexity index is 181. The number of rotatable bonds is 2. The molecule has 0 aromatic rings. The fraction of sp³-hybridized carbons (Fsp3) is 1.00. The molecular formula is C12H26N2. The van der Waals surface area contributed by atoms with E-state index in [1.165, 1.54) is 19.5 Å². The van der Waals surface area contributed by atoms with Gasteiger partial charge in [0, 0.05) is 30.7 Å². The molecule has 1 rings (SSSR count). The molecule has 0 aliphatic carbocycles. The lowest BCUT2D eigenvalue weighted by Crippen LogP contribution is -2.46. The molecule has 1 heterocycles. The Labute approximate surface area is 89.3 Å². The molecule has 1 fully saturated rings. The van der Waals surface area contributed by atoms with Gasteiger partial charge in [-0.2, -0.15) is 0 Å². The van der Waals surface area contributed by atoms with Gasteiger partial charge in [-0.15, -0.1) is 0 Å². The standard InChI is InChI=1S/C12H26N2/c1-10(2)14-8-7-11(9-14)13(6)12(3,4)5/h10-11H,7-9H2,1-6H3/t11-/m0/s1. The van der Waals surface area contributed by atoms with Gasteiger partial charge >= 0.3 is 0 Å². The number of hydrogen-bond acceptors (Lipinski definition) is 2. The number of hydrogen-bond donors (Lipinski definition) is 0. The molecule has 0 spiro atoms. The van der Waals surface area contributed by atoms with E-state index in [1.807, 2.05) is 0 Å². The molecule has 0 bridgehead atoms. The van der Waals surface area contributed by atoms with Crippen molar-refractivity contribution in [1.82, 2.24) is 9.80 Å². The minimum absolute atomic E-state index is 0.303. The average molecular weight is 198 g/mol. The molecule has 1 aliphatic heterocycles. The summed E-state index contributed by atoms with van der Waals surface area (Å²) in [4.78, 5) is 5.10. The molecular weight excluding hydrogens is 172 g/mol. The van der Waals surface area contributed by atoms with Gasteiger partial charge in [-0.1, -0.05) is 0 Å². The summed E-state index contributed by atoms with van der Waals surface area (Å²) in [7, 11) is 2.26. The van der Waals surface area contributed by atoms with E-state index < -0.39 is 0 Å². The lowest BCUT2D eigenvalue weighted by Gasteiger charge is -2.37. The summed E-state index contributed by atoms with van der Waals surface area (Å²) in [6.45, 7) is 14.0. The Balaban J connectivity index is 2.50. The van der Waals surface area contributed by atoms with Gasteiger partial charge in [0.15, 0.2) is 0 Å². The second-order valence-corrected chi connectivity index (χ2v) is 5.81. The Hall–Kier alpha value is -0.0800. The topological polar surface area (TPSA) is 6.48 Å². The van der Waals surface area contributed by atoms with Crippen LogP contribution in [0.5, 0.6) is 0 Å². The second kappa shape index (κ2) is 4.19. The summed E-state index contributed by atoms with van der Waals surface area (Å²) in [5.41, 5.74) is 0.303. The van der Waals surface area contributed by atoms with Crippen LogP contribution in [0.2, 0.25) is 0 Å². The first-order chi connectivity index (χ1) is 6.32. The van der Waals surface area contributed by atoms with Gasteiger partial charge in [-0.3, -0.25) is 9.80 Å². The van der Waals surface area contributed by atoms with E-state index in [-0.39, 0.29) is 0 Å². The van der Waals surface area contributed by atoms with Crippen molar-refractivity contribution in [2.45, 2.75) is 58.7 Å². The second-order valence-electron chi connectivity index (χ2n) is 5.81. The van der Waals surface area contributed by atoms with Gasteiger partial charge in [-0.05, 0) is 48.1 Å². The Morgan fingerprint density at radius 1 is 1.29 bits per heavy atom. The molecule has 0 aromatic carbocycles. The Kier molecular flexibility index (Phi) is 3.59. The van der Waals surface area contributed by atoms with Crippen LogP contribution in [-0.4, -0.2) is 47.6 Å². The van der Waals surface area contributed by atoms with Crippen molar-refractivity contribution in [3.8, 4) is 0 Å². The molecule has 2 heteroatoms. The van der Waals surface area contributed by atoms with E-state index in [9.17, 15) is 0 Å². The number of likely N-dealkylation sites (tertiary alicyclic amines) is 1. The van der Waals surface area contributed by atoms with Crippen LogP contribution in [0.15, 0.2) is 0 Å². The molecule has 0 amide bonds. The first-order valence-corrected chi connectivity index (χ1v) is 5.79. The third-order valence-corrected chi connectivity index (χ3v) is 3.53. The first-order valence-electron chi connectivity index (χ1n) is 5.79. The fourth-order valence-corrected chi connectivity index (χ4v) is 2.10. The van der Waals surface area contributed by atoms with E-state index in [4.69, 9.17) is 0 Å². The van der Waals surface area contributed by atoms with E-state index in [1.54, 1.807) is 0 Å². The number of nitrogens with zero attached hydrogens (tertiary/aromatic N) is 2. The van der Waals surface area contributed by atoms with Crippen molar-refractivity contribution >= 4 is 0 Å². The predicted molar refractivity (Wildman–Crippen MR) is 62.6 cm³/mol. The van der Waals surface area contributed by atoms with Crippen LogP contribution in [0.25, 0.3) is 0 Å². The monoisotopic (exact) mass is 198 g/mol. The van der Waals surface area contributed by atoms with Crippen LogP contribution < -0.4 is 0 Å². The highest BCUT2D eigenvalue weighted by molar-refractivity contribution is 4.88. The van der Waals surface area contributed by atoms with Crippen LogP contribution in [0.4, 0.5) is 0 Å². The van der Waals surface area contributed by atoms with E-state index in [0.29, 0.717) is 11.6 Å². The van der Waals surface area contributed by atoms with Crippen molar-refractivity contribution in [1.29, 1.82) is 0 Å². The molecule has 0 radical (unpaired) electrons. The molecule has 0 saturated carbocycles. The third kappa shape index (κ3) is 2.71. The zero-order valence-electron chi connectivity index (χ0n) is 10.7. The van der Waals surface area contributed by atoms with Crippen LogP contribution in [0.1, 0.15) is 41.0 Å². The fourth-order valence-electron chi connectivity index (χ4n) is 2.10. The van der Waals surface area contributed by atoms with Gasteiger partial charge in [0.05, 0.1) is 0 Å². The van der Waals surface area contributed by atoms with Crippen LogP contribution >= 0.6 is 0 Å².